The van der Waals surface area contributed by atoms with Crippen molar-refractivity contribution < 1.29 is 18.8 Å². The van der Waals surface area contributed by atoms with Crippen LogP contribution in [0.1, 0.15) is 30.7 Å². The predicted octanol–water partition coefficient (Wildman–Crippen LogP) is 3.03. The first-order valence-corrected chi connectivity index (χ1v) is 7.98. The topological polar surface area (TPSA) is 85.6 Å². The van der Waals surface area contributed by atoms with Gasteiger partial charge in [0.2, 0.25) is 0 Å². The monoisotopic (exact) mass is 331 g/mol. The number of urea groups is 1. The molecule has 0 radical (unpaired) electrons. The molecule has 2 heterocycles. The second-order valence-corrected chi connectivity index (χ2v) is 5.76. The molecule has 24 heavy (non-hydrogen) atoms. The van der Waals surface area contributed by atoms with Crippen LogP contribution in [0.2, 0.25) is 0 Å². The first-order chi connectivity index (χ1) is 11.5. The van der Waals surface area contributed by atoms with Crippen molar-refractivity contribution in [2.75, 3.05) is 11.9 Å². The van der Waals surface area contributed by atoms with Crippen molar-refractivity contribution in [3.8, 4) is 11.5 Å². The molecule has 2 N–H and O–H groups in total. The Morgan fingerprint density at radius 1 is 1.42 bits per heavy atom. The van der Waals surface area contributed by atoms with Gasteiger partial charge in [0.1, 0.15) is 23.4 Å². The lowest BCUT2D eigenvalue weighted by molar-refractivity contribution is 0.250. The van der Waals surface area contributed by atoms with Gasteiger partial charge in [0, 0.05) is 30.2 Å². The molecule has 0 saturated carbocycles. The van der Waals surface area contributed by atoms with Gasteiger partial charge in [-0.25, -0.2) is 4.79 Å². The Labute approximate surface area is 140 Å². The number of nitrogens with one attached hydrogen (secondary N) is 2. The zero-order valence-corrected chi connectivity index (χ0v) is 14.0. The van der Waals surface area contributed by atoms with Crippen LogP contribution in [0, 0.1) is 6.92 Å². The van der Waals surface area contributed by atoms with Crippen LogP contribution in [0.4, 0.5) is 10.6 Å². The van der Waals surface area contributed by atoms with Gasteiger partial charge >= 0.3 is 6.03 Å². The van der Waals surface area contributed by atoms with E-state index in [2.05, 4.69) is 15.8 Å². The Bertz CT molecular complexity index is 741. The van der Waals surface area contributed by atoms with Crippen LogP contribution < -0.4 is 20.1 Å². The van der Waals surface area contributed by atoms with E-state index < -0.39 is 0 Å². The van der Waals surface area contributed by atoms with Crippen molar-refractivity contribution in [3.63, 3.8) is 0 Å². The SMILES string of the molecule is CCOc1cc2c(cc1CNC(=O)Nc1cc(C)on1)OC(C)C2. The van der Waals surface area contributed by atoms with Crippen molar-refractivity contribution >= 4 is 11.8 Å². The summed E-state index contributed by atoms with van der Waals surface area (Å²) in [7, 11) is 0. The maximum absolute atomic E-state index is 12.0. The van der Waals surface area contributed by atoms with Crippen LogP contribution in [0.15, 0.2) is 22.7 Å². The van der Waals surface area contributed by atoms with Crippen molar-refractivity contribution in [2.24, 2.45) is 0 Å². The highest BCUT2D eigenvalue weighted by Crippen LogP contribution is 2.35. The summed E-state index contributed by atoms with van der Waals surface area (Å²) < 4.78 is 16.4. The minimum absolute atomic E-state index is 0.163. The summed E-state index contributed by atoms with van der Waals surface area (Å²) in [5, 5.41) is 9.13. The van der Waals surface area contributed by atoms with Crippen LogP contribution in [-0.4, -0.2) is 23.9 Å². The Balaban J connectivity index is 1.67. The number of carbonyl (C=O) groups is 1. The Morgan fingerprint density at radius 2 is 2.25 bits per heavy atom. The van der Waals surface area contributed by atoms with E-state index in [-0.39, 0.29) is 12.1 Å². The molecule has 7 nitrogen and oxygen atoms in total. The van der Waals surface area contributed by atoms with E-state index >= 15 is 0 Å². The van der Waals surface area contributed by atoms with Crippen molar-refractivity contribution in [1.82, 2.24) is 10.5 Å². The third kappa shape index (κ3) is 3.61. The molecule has 0 saturated heterocycles. The van der Waals surface area contributed by atoms with Crippen LogP contribution in [0.3, 0.4) is 0 Å². The average Bonchev–Trinajstić information content (AvgIpc) is 3.09. The first-order valence-electron chi connectivity index (χ1n) is 7.98. The highest BCUT2D eigenvalue weighted by molar-refractivity contribution is 5.88. The fourth-order valence-corrected chi connectivity index (χ4v) is 2.67. The van der Waals surface area contributed by atoms with Gasteiger partial charge in [0.25, 0.3) is 0 Å². The molecule has 3 rings (SSSR count). The quantitative estimate of drug-likeness (QED) is 0.879. The summed E-state index contributed by atoms with van der Waals surface area (Å²) in [5.41, 5.74) is 2.01. The first kappa shape index (κ1) is 16.2. The van der Waals surface area contributed by atoms with E-state index in [9.17, 15) is 4.79 Å². The molecule has 1 aromatic carbocycles. The average molecular weight is 331 g/mol. The van der Waals surface area contributed by atoms with Gasteiger partial charge < -0.3 is 19.3 Å². The zero-order valence-electron chi connectivity index (χ0n) is 14.0. The van der Waals surface area contributed by atoms with E-state index in [1.807, 2.05) is 26.0 Å². The van der Waals surface area contributed by atoms with E-state index in [0.717, 1.165) is 29.0 Å². The third-order valence-electron chi connectivity index (χ3n) is 3.69. The van der Waals surface area contributed by atoms with E-state index in [1.54, 1.807) is 13.0 Å². The largest absolute Gasteiger partial charge is 0.494 e. The number of fused-ring (bicyclic) bond motifs is 1. The molecule has 2 amide bonds. The maximum atomic E-state index is 12.0. The molecule has 1 aliphatic rings. The lowest BCUT2D eigenvalue weighted by Gasteiger charge is -2.13. The van der Waals surface area contributed by atoms with Crippen molar-refractivity contribution in [3.05, 3.63) is 35.1 Å². The fourth-order valence-electron chi connectivity index (χ4n) is 2.67. The number of ether oxygens (including phenoxy) is 2. The Kier molecular flexibility index (Phi) is 4.59. The molecule has 128 valence electrons. The second kappa shape index (κ2) is 6.82. The molecule has 1 aromatic heterocycles. The number of amides is 2. The number of nitrogens with zero attached hydrogens (tertiary/aromatic N) is 1. The van der Waals surface area contributed by atoms with E-state index in [0.29, 0.717) is 24.7 Å². The van der Waals surface area contributed by atoms with E-state index in [4.69, 9.17) is 14.0 Å². The van der Waals surface area contributed by atoms with E-state index in [1.165, 1.54) is 0 Å². The molecule has 1 aliphatic heterocycles. The molecule has 0 aliphatic carbocycles. The number of anilines is 1. The van der Waals surface area contributed by atoms with Crippen molar-refractivity contribution in [1.29, 1.82) is 0 Å². The van der Waals surface area contributed by atoms with Gasteiger partial charge in [-0.3, -0.25) is 5.32 Å². The van der Waals surface area contributed by atoms with Crippen molar-refractivity contribution in [2.45, 2.75) is 39.8 Å². The van der Waals surface area contributed by atoms with Gasteiger partial charge in [0.15, 0.2) is 5.82 Å². The Hall–Kier alpha value is -2.70. The molecule has 1 unspecified atom stereocenters. The molecular weight excluding hydrogens is 310 g/mol. The standard InChI is InChI=1S/C17H21N3O4/c1-4-22-14-7-12-5-10(2)23-15(12)8-13(14)9-18-17(21)19-16-6-11(3)24-20-16/h6-8,10H,4-5,9H2,1-3H3,(H2,18,19,20,21). The van der Waals surface area contributed by atoms with Gasteiger partial charge in [-0.2, -0.15) is 0 Å². The summed E-state index contributed by atoms with van der Waals surface area (Å²) >= 11 is 0. The number of hydrogen-bond donors (Lipinski definition) is 2. The molecule has 0 bridgehead atoms. The number of aryl methyl sites for hydroxylation is 1. The summed E-state index contributed by atoms with van der Waals surface area (Å²) in [4.78, 5) is 12.0. The number of hydrogen-bond acceptors (Lipinski definition) is 5. The van der Waals surface area contributed by atoms with Crippen LogP contribution in [0.5, 0.6) is 11.5 Å². The summed E-state index contributed by atoms with van der Waals surface area (Å²) in [6, 6.07) is 5.22. The predicted molar refractivity (Wildman–Crippen MR) is 88.5 cm³/mol. The molecule has 2 aromatic rings. The number of rotatable bonds is 5. The number of aromatic nitrogens is 1. The highest BCUT2D eigenvalue weighted by Gasteiger charge is 2.22. The number of carbonyl (C=O) groups excluding carboxylic acids is 1. The molecule has 0 fully saturated rings. The Morgan fingerprint density at radius 3 is 2.96 bits per heavy atom. The lowest BCUT2D eigenvalue weighted by atomic mass is 10.1. The molecular formula is C17H21N3O4. The lowest BCUT2D eigenvalue weighted by Crippen LogP contribution is -2.28. The molecule has 0 spiro atoms. The molecule has 1 atom stereocenters. The normalized spacial score (nSPS) is 15.5. The van der Waals surface area contributed by atoms with Crippen LogP contribution in [0.25, 0.3) is 0 Å². The highest BCUT2D eigenvalue weighted by atomic mass is 16.5. The van der Waals surface area contributed by atoms with Gasteiger partial charge in [-0.05, 0) is 32.9 Å². The fraction of sp³-hybridized carbons (Fsp3) is 0.412. The summed E-state index contributed by atoms with van der Waals surface area (Å²) in [5.74, 6) is 2.64. The van der Waals surface area contributed by atoms with Gasteiger partial charge in [-0.1, -0.05) is 5.16 Å². The second-order valence-electron chi connectivity index (χ2n) is 5.76. The minimum Gasteiger partial charge on any atom is -0.494 e. The zero-order chi connectivity index (χ0) is 17.1. The van der Waals surface area contributed by atoms with Gasteiger partial charge in [0.05, 0.1) is 6.61 Å². The smallest absolute Gasteiger partial charge is 0.320 e. The molecule has 7 heteroatoms. The summed E-state index contributed by atoms with van der Waals surface area (Å²) in [6.07, 6.45) is 1.03. The van der Waals surface area contributed by atoms with Crippen LogP contribution in [-0.2, 0) is 13.0 Å². The summed E-state index contributed by atoms with van der Waals surface area (Å²) in [6.45, 7) is 6.61. The van der Waals surface area contributed by atoms with Gasteiger partial charge in [-0.15, -0.1) is 0 Å². The minimum atomic E-state index is -0.361. The van der Waals surface area contributed by atoms with Crippen LogP contribution >= 0.6 is 0 Å². The maximum Gasteiger partial charge on any atom is 0.320 e. The number of benzene rings is 1. The third-order valence-corrected chi connectivity index (χ3v) is 3.69.